The van der Waals surface area contributed by atoms with Gasteiger partial charge in [-0.05, 0) is 40.1 Å². The Morgan fingerprint density at radius 3 is 2.69 bits per heavy atom. The predicted octanol–water partition coefficient (Wildman–Crippen LogP) is 0.0546. The van der Waals surface area contributed by atoms with Gasteiger partial charge in [0.15, 0.2) is 0 Å². The number of hydrazine groups is 1. The lowest BCUT2D eigenvalue weighted by Gasteiger charge is -2.18. The summed E-state index contributed by atoms with van der Waals surface area (Å²) in [6, 6.07) is 2.41. The Morgan fingerprint density at radius 1 is 1.56 bits per heavy atom. The third kappa shape index (κ3) is 3.92. The van der Waals surface area contributed by atoms with Crippen LogP contribution in [0.1, 0.15) is 17.8 Å². The summed E-state index contributed by atoms with van der Waals surface area (Å²) in [5, 5.41) is 4.33. The van der Waals surface area contributed by atoms with Gasteiger partial charge in [0.2, 0.25) is 0 Å². The molecule has 0 saturated carbocycles. The molecule has 0 radical (unpaired) electrons. The van der Waals surface area contributed by atoms with Crippen molar-refractivity contribution in [2.75, 3.05) is 20.6 Å². The van der Waals surface area contributed by atoms with E-state index in [9.17, 15) is 0 Å². The molecule has 1 heterocycles. The molecule has 0 aliphatic heterocycles. The van der Waals surface area contributed by atoms with Crippen LogP contribution in [0.25, 0.3) is 0 Å². The third-order valence-electron chi connectivity index (χ3n) is 2.71. The van der Waals surface area contributed by atoms with Crippen molar-refractivity contribution in [3.8, 4) is 0 Å². The highest BCUT2D eigenvalue weighted by Gasteiger charge is 2.11. The zero-order chi connectivity index (χ0) is 12.1. The highest BCUT2D eigenvalue weighted by atomic mass is 15.3. The molecule has 3 N–H and O–H groups in total. The van der Waals surface area contributed by atoms with Gasteiger partial charge in [-0.15, -0.1) is 0 Å². The van der Waals surface area contributed by atoms with Crippen LogP contribution in [0.2, 0.25) is 0 Å². The van der Waals surface area contributed by atoms with Crippen LogP contribution in [0.5, 0.6) is 0 Å². The highest BCUT2D eigenvalue weighted by Crippen LogP contribution is 2.07. The van der Waals surface area contributed by atoms with E-state index in [0.717, 1.165) is 25.1 Å². The Hall–Kier alpha value is -0.910. The van der Waals surface area contributed by atoms with Crippen LogP contribution in [-0.4, -0.2) is 41.4 Å². The molecule has 1 aromatic rings. The molecule has 1 aromatic heterocycles. The van der Waals surface area contributed by atoms with Gasteiger partial charge < -0.3 is 4.90 Å². The Kier molecular flexibility index (Phi) is 4.92. The average molecular weight is 225 g/mol. The summed E-state index contributed by atoms with van der Waals surface area (Å²) >= 11 is 0. The number of hydrogen-bond acceptors (Lipinski definition) is 4. The molecule has 5 heteroatoms. The molecule has 0 bridgehead atoms. The van der Waals surface area contributed by atoms with Crippen LogP contribution in [0.3, 0.4) is 0 Å². The molecule has 1 unspecified atom stereocenters. The van der Waals surface area contributed by atoms with Crippen molar-refractivity contribution >= 4 is 0 Å². The lowest BCUT2D eigenvalue weighted by atomic mass is 10.1. The molecule has 1 atom stereocenters. The van der Waals surface area contributed by atoms with Gasteiger partial charge in [0.25, 0.3) is 0 Å². The van der Waals surface area contributed by atoms with Crippen LogP contribution in [0.4, 0.5) is 0 Å². The Balaban J connectivity index is 2.52. The van der Waals surface area contributed by atoms with Crippen molar-refractivity contribution in [1.29, 1.82) is 0 Å². The monoisotopic (exact) mass is 225 g/mol. The average Bonchev–Trinajstić information content (AvgIpc) is 2.51. The fraction of sp³-hybridized carbons (Fsp3) is 0.727. The van der Waals surface area contributed by atoms with Crippen molar-refractivity contribution in [1.82, 2.24) is 20.1 Å². The second-order valence-corrected chi connectivity index (χ2v) is 4.56. The van der Waals surface area contributed by atoms with E-state index in [1.807, 2.05) is 18.7 Å². The minimum Gasteiger partial charge on any atom is -0.309 e. The lowest BCUT2D eigenvalue weighted by Crippen LogP contribution is -2.39. The second kappa shape index (κ2) is 5.98. The van der Waals surface area contributed by atoms with Crippen LogP contribution in [0.15, 0.2) is 6.07 Å². The molecule has 92 valence electrons. The molecular formula is C11H23N5. The minimum absolute atomic E-state index is 0.303. The maximum atomic E-state index is 5.57. The highest BCUT2D eigenvalue weighted by molar-refractivity contribution is 5.09. The van der Waals surface area contributed by atoms with Gasteiger partial charge >= 0.3 is 0 Å². The van der Waals surface area contributed by atoms with E-state index in [4.69, 9.17) is 5.84 Å². The van der Waals surface area contributed by atoms with Gasteiger partial charge in [-0.1, -0.05) is 0 Å². The van der Waals surface area contributed by atoms with Crippen LogP contribution in [0, 0.1) is 6.92 Å². The normalized spacial score (nSPS) is 13.4. The maximum Gasteiger partial charge on any atom is 0.0596 e. The van der Waals surface area contributed by atoms with Gasteiger partial charge in [-0.2, -0.15) is 5.10 Å². The van der Waals surface area contributed by atoms with E-state index < -0.39 is 0 Å². The quantitative estimate of drug-likeness (QED) is 0.531. The van der Waals surface area contributed by atoms with Gasteiger partial charge in [-0.3, -0.25) is 16.0 Å². The molecule has 1 rings (SSSR count). The zero-order valence-corrected chi connectivity index (χ0v) is 10.7. The fourth-order valence-electron chi connectivity index (χ4n) is 1.77. The molecule has 0 saturated heterocycles. The minimum atomic E-state index is 0.303. The van der Waals surface area contributed by atoms with Gasteiger partial charge in [0.1, 0.15) is 0 Å². The van der Waals surface area contributed by atoms with Crippen molar-refractivity contribution in [2.24, 2.45) is 12.9 Å². The first-order chi connectivity index (χ1) is 7.52. The fourth-order valence-corrected chi connectivity index (χ4v) is 1.77. The Labute approximate surface area is 97.6 Å². The largest absolute Gasteiger partial charge is 0.309 e. The SMILES string of the molecule is Cc1cc(CC(CCN(C)C)NN)n(C)n1. The molecule has 0 aromatic carbocycles. The number of nitrogens with two attached hydrogens (primary N) is 1. The van der Waals surface area contributed by atoms with E-state index >= 15 is 0 Å². The molecule has 0 spiro atoms. The summed E-state index contributed by atoms with van der Waals surface area (Å²) in [4.78, 5) is 2.17. The summed E-state index contributed by atoms with van der Waals surface area (Å²) in [7, 11) is 6.12. The van der Waals surface area contributed by atoms with Crippen LogP contribution >= 0.6 is 0 Å². The van der Waals surface area contributed by atoms with E-state index in [0.29, 0.717) is 6.04 Å². The van der Waals surface area contributed by atoms with Gasteiger partial charge in [-0.25, -0.2) is 0 Å². The van der Waals surface area contributed by atoms with Crippen LogP contribution in [-0.2, 0) is 13.5 Å². The smallest absolute Gasteiger partial charge is 0.0596 e. The summed E-state index contributed by atoms with van der Waals surface area (Å²) in [5.74, 6) is 5.57. The number of hydrogen-bond donors (Lipinski definition) is 2. The summed E-state index contributed by atoms with van der Waals surface area (Å²) in [6.45, 7) is 3.04. The molecular weight excluding hydrogens is 202 g/mol. The van der Waals surface area contributed by atoms with E-state index in [-0.39, 0.29) is 0 Å². The molecule has 5 nitrogen and oxygen atoms in total. The standard InChI is InChI=1S/C11H23N5/c1-9-7-11(16(4)14-9)8-10(13-12)5-6-15(2)3/h7,10,13H,5-6,8,12H2,1-4H3. The van der Waals surface area contributed by atoms with Crippen molar-refractivity contribution < 1.29 is 0 Å². The van der Waals surface area contributed by atoms with E-state index in [1.165, 1.54) is 5.69 Å². The summed E-state index contributed by atoms with van der Waals surface area (Å²) in [6.07, 6.45) is 1.95. The summed E-state index contributed by atoms with van der Waals surface area (Å²) < 4.78 is 1.93. The predicted molar refractivity (Wildman–Crippen MR) is 65.9 cm³/mol. The Morgan fingerprint density at radius 2 is 2.25 bits per heavy atom. The first kappa shape index (κ1) is 13.2. The number of aromatic nitrogens is 2. The van der Waals surface area contributed by atoms with Crippen molar-refractivity contribution in [3.63, 3.8) is 0 Å². The first-order valence-corrected chi connectivity index (χ1v) is 5.63. The van der Waals surface area contributed by atoms with Crippen LogP contribution < -0.4 is 11.3 Å². The molecule has 0 aliphatic carbocycles. The third-order valence-corrected chi connectivity index (χ3v) is 2.71. The second-order valence-electron chi connectivity index (χ2n) is 4.56. The van der Waals surface area contributed by atoms with Crippen molar-refractivity contribution in [3.05, 3.63) is 17.5 Å². The molecule has 0 amide bonds. The van der Waals surface area contributed by atoms with Gasteiger partial charge in [0.05, 0.1) is 5.69 Å². The number of rotatable bonds is 6. The molecule has 16 heavy (non-hydrogen) atoms. The van der Waals surface area contributed by atoms with E-state index in [1.54, 1.807) is 0 Å². The first-order valence-electron chi connectivity index (χ1n) is 5.63. The number of nitrogens with zero attached hydrogens (tertiary/aromatic N) is 3. The lowest BCUT2D eigenvalue weighted by molar-refractivity contribution is 0.356. The zero-order valence-electron chi connectivity index (χ0n) is 10.7. The van der Waals surface area contributed by atoms with Crippen molar-refractivity contribution in [2.45, 2.75) is 25.8 Å². The number of nitrogens with one attached hydrogen (secondary N) is 1. The Bertz CT molecular complexity index is 318. The van der Waals surface area contributed by atoms with E-state index in [2.05, 4.69) is 35.6 Å². The molecule has 0 fully saturated rings. The summed E-state index contributed by atoms with van der Waals surface area (Å²) in [5.41, 5.74) is 5.15. The maximum absolute atomic E-state index is 5.57. The molecule has 0 aliphatic rings. The number of aryl methyl sites for hydroxylation is 2. The topological polar surface area (TPSA) is 59.1 Å². The van der Waals surface area contributed by atoms with Gasteiger partial charge in [0, 0.05) is 25.2 Å².